The molecule has 4 rings (SSSR count). The molecule has 5 nitrogen and oxygen atoms in total. The molecule has 0 amide bonds. The van der Waals surface area contributed by atoms with E-state index in [4.69, 9.17) is 0 Å². The first-order valence-electron chi connectivity index (χ1n) is 7.90. The van der Waals surface area contributed by atoms with Crippen LogP contribution >= 0.6 is 0 Å². The fourth-order valence-corrected chi connectivity index (χ4v) is 3.58. The van der Waals surface area contributed by atoms with E-state index in [9.17, 15) is 0 Å². The van der Waals surface area contributed by atoms with E-state index in [0.29, 0.717) is 0 Å². The number of aromatic amines is 1. The van der Waals surface area contributed by atoms with Crippen LogP contribution in [0, 0.1) is 0 Å². The van der Waals surface area contributed by atoms with Crippen LogP contribution in [0.2, 0.25) is 0 Å². The van der Waals surface area contributed by atoms with Crippen LogP contribution in [-0.4, -0.2) is 94.3 Å². The quantitative estimate of drug-likeness (QED) is 0.344. The molecule has 9 heteroatoms. The molecular weight excluding hydrogens is 590 g/mol. The Balaban J connectivity index is 0.000000185. The van der Waals surface area contributed by atoms with Gasteiger partial charge in [0.1, 0.15) is 0 Å². The second kappa shape index (κ2) is 9.56. The Hall–Kier alpha value is -0.582. The van der Waals surface area contributed by atoms with Crippen molar-refractivity contribution in [3.63, 3.8) is 0 Å². The number of hydrogen-bond donors (Lipinski definition) is 2. The number of hydrazone groups is 1. The van der Waals surface area contributed by atoms with E-state index in [-0.39, 0.29) is 0 Å². The van der Waals surface area contributed by atoms with Crippen molar-refractivity contribution in [1.82, 2.24) is 15.5 Å². The molecule has 132 valence electrons. The number of rotatable bonds is 2. The van der Waals surface area contributed by atoms with Crippen LogP contribution in [0.4, 0.5) is 5.69 Å². The molecule has 26 heavy (non-hydrogen) atoms. The van der Waals surface area contributed by atoms with Gasteiger partial charge >= 0.3 is 186 Å². The number of H-pyrrole nitrogens is 1. The average molecular weight is 605 g/mol. The number of nitrogens with one attached hydrogen (secondary N) is 2. The molecule has 1 saturated heterocycles. The maximum atomic E-state index is 4.46. The van der Waals surface area contributed by atoms with Crippen molar-refractivity contribution in [2.75, 3.05) is 13.1 Å². The van der Waals surface area contributed by atoms with Gasteiger partial charge in [-0.1, -0.05) is 0 Å². The zero-order valence-electron chi connectivity index (χ0n) is 13.6. The standard InChI is InChI=1S/C13H8N2Se2.C4H7N3Se2/c16-13(17)15-11-7-3-5-9-8-4-1-2-6-10(8)14-12(9)11;8-4(9)6-7-3-1-2-5-7/h1-7,14H;5H,1-3H2. The van der Waals surface area contributed by atoms with Gasteiger partial charge in [0.05, 0.1) is 0 Å². The normalized spacial score (nSPS) is 13.3. The summed E-state index contributed by atoms with van der Waals surface area (Å²) in [5.41, 5.74) is 6.27. The van der Waals surface area contributed by atoms with E-state index in [1.165, 1.54) is 17.2 Å². The molecule has 0 bridgehead atoms. The third kappa shape index (κ3) is 5.23. The Morgan fingerprint density at radius 3 is 2.38 bits per heavy atom. The number of nitrogens with zero attached hydrogens (tertiary/aromatic N) is 3. The predicted molar refractivity (Wildman–Crippen MR) is 113 cm³/mol. The molecule has 1 aromatic heterocycles. The van der Waals surface area contributed by atoms with Gasteiger partial charge in [0.2, 0.25) is 0 Å². The summed E-state index contributed by atoms with van der Waals surface area (Å²) in [6, 6.07) is 14.5. The van der Waals surface area contributed by atoms with Crippen molar-refractivity contribution in [2.24, 2.45) is 10.1 Å². The summed E-state index contributed by atoms with van der Waals surface area (Å²) in [4.78, 5) is 7.87. The molecule has 3 aromatic rings. The van der Waals surface area contributed by atoms with Gasteiger partial charge in [-0.15, -0.1) is 0 Å². The Kier molecular flexibility index (Phi) is 7.42. The van der Waals surface area contributed by atoms with Crippen molar-refractivity contribution in [3.8, 4) is 0 Å². The molecule has 4 radical (unpaired) electrons. The number of para-hydroxylation sites is 2. The molecule has 2 N–H and O–H groups in total. The molecule has 0 unspecified atom stereocenters. The SMILES string of the molecule is [Se]C([Se])=NN1CCCN1.[Se]C([Se])=Nc1cccc2c1[nH]c1ccccc12. The first kappa shape index (κ1) is 20.2. The maximum absolute atomic E-state index is 4.46. The van der Waals surface area contributed by atoms with Crippen LogP contribution in [0.15, 0.2) is 52.6 Å². The molecule has 1 aliphatic heterocycles. The van der Waals surface area contributed by atoms with Crippen LogP contribution in [0.25, 0.3) is 21.8 Å². The number of hydrogen-bond acceptors (Lipinski definition) is 4. The Bertz CT molecular complexity index is 952. The van der Waals surface area contributed by atoms with Crippen LogP contribution in [0.5, 0.6) is 0 Å². The van der Waals surface area contributed by atoms with Gasteiger partial charge in [0, 0.05) is 0 Å². The molecule has 0 saturated carbocycles. The van der Waals surface area contributed by atoms with Gasteiger partial charge in [-0.3, -0.25) is 0 Å². The van der Waals surface area contributed by atoms with Gasteiger partial charge < -0.3 is 0 Å². The van der Waals surface area contributed by atoms with Crippen LogP contribution in [0.1, 0.15) is 6.42 Å². The molecule has 2 aromatic carbocycles. The van der Waals surface area contributed by atoms with Crippen molar-refractivity contribution in [1.29, 1.82) is 0 Å². The van der Waals surface area contributed by atoms with E-state index in [0.717, 1.165) is 36.8 Å². The summed E-state index contributed by atoms with van der Waals surface area (Å²) in [5, 5.41) is 8.39. The first-order chi connectivity index (χ1) is 12.5. The molecule has 1 fully saturated rings. The number of aromatic nitrogens is 1. The second-order valence-electron chi connectivity index (χ2n) is 5.50. The number of aliphatic imine (C=N–C) groups is 1. The summed E-state index contributed by atoms with van der Waals surface area (Å²) < 4.78 is 1.67. The minimum absolute atomic E-state index is 0.816. The van der Waals surface area contributed by atoms with E-state index in [1.807, 2.05) is 23.3 Å². The Morgan fingerprint density at radius 2 is 1.69 bits per heavy atom. The molecular formula is C17H15N5Se4. The van der Waals surface area contributed by atoms with Gasteiger partial charge in [-0.2, -0.15) is 0 Å². The van der Waals surface area contributed by atoms with Gasteiger partial charge in [-0.25, -0.2) is 0 Å². The fraction of sp³-hybridized carbons (Fsp3) is 0.176. The van der Waals surface area contributed by atoms with Crippen LogP contribution in [0.3, 0.4) is 0 Å². The van der Waals surface area contributed by atoms with Gasteiger partial charge in [0.25, 0.3) is 0 Å². The van der Waals surface area contributed by atoms with Crippen molar-refractivity contribution in [3.05, 3.63) is 42.5 Å². The third-order valence-electron chi connectivity index (χ3n) is 3.77. The van der Waals surface area contributed by atoms with Crippen LogP contribution in [-0.2, 0) is 0 Å². The zero-order chi connectivity index (χ0) is 18.5. The average Bonchev–Trinajstić information content (AvgIpc) is 3.22. The van der Waals surface area contributed by atoms with E-state index in [1.54, 1.807) is 0 Å². The first-order valence-corrected chi connectivity index (χ1v) is 11.3. The molecule has 2 heterocycles. The zero-order valence-corrected chi connectivity index (χ0v) is 20.5. The van der Waals surface area contributed by atoms with Crippen molar-refractivity contribution in [2.45, 2.75) is 6.42 Å². The predicted octanol–water partition coefficient (Wildman–Crippen LogP) is 1.45. The van der Waals surface area contributed by atoms with Gasteiger partial charge in [0.15, 0.2) is 0 Å². The summed E-state index contributed by atoms with van der Waals surface area (Å²) in [6.45, 7) is 2.05. The monoisotopic (exact) mass is 609 g/mol. The van der Waals surface area contributed by atoms with Gasteiger partial charge in [-0.05, 0) is 0 Å². The van der Waals surface area contributed by atoms with Crippen LogP contribution < -0.4 is 5.43 Å². The summed E-state index contributed by atoms with van der Waals surface area (Å²) in [5.74, 6) is 0. The third-order valence-corrected chi connectivity index (χ3v) is 4.50. The molecule has 0 atom stereocenters. The molecule has 0 aliphatic carbocycles. The second-order valence-corrected chi connectivity index (χ2v) is 11.4. The number of fused-ring (bicyclic) bond motifs is 3. The Morgan fingerprint density at radius 1 is 0.923 bits per heavy atom. The molecule has 1 aliphatic rings. The van der Waals surface area contributed by atoms with E-state index >= 15 is 0 Å². The summed E-state index contributed by atoms with van der Waals surface area (Å²) in [7, 11) is 0. The Labute approximate surface area is 185 Å². The summed E-state index contributed by atoms with van der Waals surface area (Å²) in [6.07, 6.45) is 1.18. The number of benzene rings is 2. The minimum atomic E-state index is 0.816. The van der Waals surface area contributed by atoms with E-state index in [2.05, 4.69) is 109 Å². The van der Waals surface area contributed by atoms with Crippen molar-refractivity contribution >= 4 is 98.6 Å². The molecule has 0 spiro atoms. The van der Waals surface area contributed by atoms with Crippen molar-refractivity contribution < 1.29 is 0 Å². The topological polar surface area (TPSA) is 55.8 Å². The summed E-state index contributed by atoms with van der Waals surface area (Å²) >= 11 is 11.3. The fourth-order valence-electron chi connectivity index (χ4n) is 2.75. The van der Waals surface area contributed by atoms with E-state index < -0.39 is 0 Å². The number of hydrazine groups is 1.